The lowest BCUT2D eigenvalue weighted by Gasteiger charge is -2.15. The van der Waals surface area contributed by atoms with E-state index in [0.29, 0.717) is 0 Å². The molecule has 3 rings (SSSR count). The number of hydrogen-bond acceptors (Lipinski definition) is 4. The normalized spacial score (nSPS) is 20.2. The molecule has 1 aromatic carbocycles. The van der Waals surface area contributed by atoms with Crippen molar-refractivity contribution >= 4 is 10.9 Å². The number of pyridine rings is 1. The second-order valence-corrected chi connectivity index (χ2v) is 4.70. The summed E-state index contributed by atoms with van der Waals surface area (Å²) in [7, 11) is 1.67. The number of nitrogens with one attached hydrogen (secondary N) is 1. The molecule has 1 aromatic heterocycles. The van der Waals surface area contributed by atoms with Crippen LogP contribution in [0.15, 0.2) is 30.5 Å². The van der Waals surface area contributed by atoms with Crippen LogP contribution in [0, 0.1) is 0 Å². The Morgan fingerprint density at radius 2 is 2.32 bits per heavy atom. The Balaban J connectivity index is 1.97. The topological polar surface area (TPSA) is 43.4 Å². The summed E-state index contributed by atoms with van der Waals surface area (Å²) >= 11 is 0. The maximum absolute atomic E-state index is 5.86. The lowest BCUT2D eigenvalue weighted by Crippen LogP contribution is -2.16. The van der Waals surface area contributed by atoms with E-state index in [-0.39, 0.29) is 6.10 Å². The Kier molecular flexibility index (Phi) is 3.62. The van der Waals surface area contributed by atoms with Crippen molar-refractivity contribution < 1.29 is 9.47 Å². The molecular formula is C15H18N2O2. The van der Waals surface area contributed by atoms with Gasteiger partial charge in [-0.3, -0.25) is 4.98 Å². The molecule has 1 N–H and O–H groups in total. The van der Waals surface area contributed by atoms with Gasteiger partial charge in [0.2, 0.25) is 0 Å². The van der Waals surface area contributed by atoms with E-state index in [1.165, 1.54) is 0 Å². The minimum atomic E-state index is 0.137. The molecule has 4 nitrogen and oxygen atoms in total. The van der Waals surface area contributed by atoms with Crippen LogP contribution in [-0.4, -0.2) is 31.8 Å². The van der Waals surface area contributed by atoms with Crippen LogP contribution in [-0.2, 0) is 4.74 Å². The predicted octanol–water partition coefficient (Wildman–Crippen LogP) is 2.29. The Hall–Kier alpha value is -1.65. The summed E-state index contributed by atoms with van der Waals surface area (Å²) in [6.07, 6.45) is 3.02. The standard InChI is InChI=1S/C15H18N2O2/c1-18-14-4-2-3-11-9-12(10-17-15(11)14)13-5-6-16-7-8-19-13/h2-4,9-10,13,16H,5-8H2,1H3. The summed E-state index contributed by atoms with van der Waals surface area (Å²) < 4.78 is 11.2. The molecule has 0 saturated carbocycles. The van der Waals surface area contributed by atoms with Crippen LogP contribution in [0.1, 0.15) is 18.1 Å². The second-order valence-electron chi connectivity index (χ2n) is 4.70. The number of ether oxygens (including phenoxy) is 2. The van der Waals surface area contributed by atoms with Crippen LogP contribution < -0.4 is 10.1 Å². The highest BCUT2D eigenvalue weighted by Crippen LogP contribution is 2.28. The van der Waals surface area contributed by atoms with E-state index in [1.54, 1.807) is 7.11 Å². The number of benzene rings is 1. The molecule has 19 heavy (non-hydrogen) atoms. The van der Waals surface area contributed by atoms with Gasteiger partial charge >= 0.3 is 0 Å². The van der Waals surface area contributed by atoms with Crippen molar-refractivity contribution in [2.45, 2.75) is 12.5 Å². The van der Waals surface area contributed by atoms with Crippen molar-refractivity contribution in [3.63, 3.8) is 0 Å². The van der Waals surface area contributed by atoms with Gasteiger partial charge in [0.15, 0.2) is 0 Å². The zero-order valence-corrected chi connectivity index (χ0v) is 11.1. The molecule has 4 heteroatoms. The van der Waals surface area contributed by atoms with E-state index in [9.17, 15) is 0 Å². The zero-order chi connectivity index (χ0) is 13.1. The van der Waals surface area contributed by atoms with Crippen LogP contribution in [0.3, 0.4) is 0 Å². The van der Waals surface area contributed by atoms with Crippen LogP contribution in [0.5, 0.6) is 5.75 Å². The lowest BCUT2D eigenvalue weighted by atomic mass is 10.1. The van der Waals surface area contributed by atoms with Crippen LogP contribution in [0.25, 0.3) is 10.9 Å². The molecule has 1 atom stereocenters. The SMILES string of the molecule is COc1cccc2cc(C3CCNCCO3)cnc12. The fourth-order valence-electron chi connectivity index (χ4n) is 2.47. The number of rotatable bonds is 2. The lowest BCUT2D eigenvalue weighted by molar-refractivity contribution is 0.0643. The Bertz CT molecular complexity index is 563. The van der Waals surface area contributed by atoms with Gasteiger partial charge in [0, 0.05) is 18.1 Å². The number of para-hydroxylation sites is 1. The largest absolute Gasteiger partial charge is 0.494 e. The fraction of sp³-hybridized carbons (Fsp3) is 0.400. The molecule has 1 saturated heterocycles. The highest BCUT2D eigenvalue weighted by atomic mass is 16.5. The number of hydrogen-bond donors (Lipinski definition) is 1. The zero-order valence-electron chi connectivity index (χ0n) is 11.1. The highest BCUT2D eigenvalue weighted by Gasteiger charge is 2.16. The molecule has 0 amide bonds. The maximum atomic E-state index is 5.86. The Morgan fingerprint density at radius 1 is 1.37 bits per heavy atom. The van der Waals surface area contributed by atoms with Crippen molar-refractivity contribution in [3.05, 3.63) is 36.0 Å². The van der Waals surface area contributed by atoms with E-state index < -0.39 is 0 Å². The summed E-state index contributed by atoms with van der Waals surface area (Å²) in [5, 5.41) is 4.43. The molecule has 2 aromatic rings. The Labute approximate surface area is 112 Å². The van der Waals surface area contributed by atoms with Crippen molar-refractivity contribution in [3.8, 4) is 5.75 Å². The molecule has 100 valence electrons. The van der Waals surface area contributed by atoms with Gasteiger partial charge in [-0.15, -0.1) is 0 Å². The first-order chi connectivity index (χ1) is 9.38. The summed E-state index contributed by atoms with van der Waals surface area (Å²) in [6, 6.07) is 8.13. The van der Waals surface area contributed by atoms with E-state index >= 15 is 0 Å². The third-order valence-corrected chi connectivity index (χ3v) is 3.47. The summed E-state index contributed by atoms with van der Waals surface area (Å²) in [4.78, 5) is 4.53. The molecule has 1 unspecified atom stereocenters. The summed E-state index contributed by atoms with van der Waals surface area (Å²) in [6.45, 7) is 2.66. The fourth-order valence-corrected chi connectivity index (χ4v) is 2.47. The molecule has 0 spiro atoms. The van der Waals surface area contributed by atoms with Crippen molar-refractivity contribution in [1.82, 2.24) is 10.3 Å². The minimum absolute atomic E-state index is 0.137. The van der Waals surface area contributed by atoms with Crippen LogP contribution in [0.4, 0.5) is 0 Å². The predicted molar refractivity (Wildman–Crippen MR) is 74.5 cm³/mol. The van der Waals surface area contributed by atoms with Gasteiger partial charge in [0.05, 0.1) is 19.8 Å². The number of methoxy groups -OCH3 is 1. The van der Waals surface area contributed by atoms with E-state index in [0.717, 1.165) is 48.3 Å². The summed E-state index contributed by atoms with van der Waals surface area (Å²) in [5.74, 6) is 0.813. The number of fused-ring (bicyclic) bond motifs is 1. The van der Waals surface area contributed by atoms with Gasteiger partial charge in [-0.25, -0.2) is 0 Å². The molecule has 1 aliphatic rings. The molecule has 0 bridgehead atoms. The van der Waals surface area contributed by atoms with E-state index in [2.05, 4.69) is 22.4 Å². The van der Waals surface area contributed by atoms with Crippen molar-refractivity contribution in [2.75, 3.05) is 26.8 Å². The quantitative estimate of drug-likeness (QED) is 0.897. The van der Waals surface area contributed by atoms with Crippen LogP contribution in [0.2, 0.25) is 0 Å². The number of nitrogens with zero attached hydrogens (tertiary/aromatic N) is 1. The monoisotopic (exact) mass is 258 g/mol. The average molecular weight is 258 g/mol. The maximum Gasteiger partial charge on any atom is 0.145 e. The van der Waals surface area contributed by atoms with Gasteiger partial charge in [0.25, 0.3) is 0 Å². The van der Waals surface area contributed by atoms with Gasteiger partial charge in [-0.2, -0.15) is 0 Å². The first kappa shape index (κ1) is 12.4. The first-order valence-electron chi connectivity index (χ1n) is 6.63. The number of aromatic nitrogens is 1. The van der Waals surface area contributed by atoms with E-state index in [4.69, 9.17) is 9.47 Å². The van der Waals surface area contributed by atoms with Crippen molar-refractivity contribution in [1.29, 1.82) is 0 Å². The third-order valence-electron chi connectivity index (χ3n) is 3.47. The molecular weight excluding hydrogens is 240 g/mol. The highest BCUT2D eigenvalue weighted by molar-refractivity contribution is 5.84. The molecule has 0 radical (unpaired) electrons. The van der Waals surface area contributed by atoms with E-state index in [1.807, 2.05) is 18.3 Å². The van der Waals surface area contributed by atoms with Gasteiger partial charge in [0.1, 0.15) is 11.3 Å². The smallest absolute Gasteiger partial charge is 0.145 e. The molecule has 1 fully saturated rings. The van der Waals surface area contributed by atoms with Gasteiger partial charge in [-0.1, -0.05) is 12.1 Å². The summed E-state index contributed by atoms with van der Waals surface area (Å²) in [5.41, 5.74) is 2.05. The van der Waals surface area contributed by atoms with Gasteiger partial charge < -0.3 is 14.8 Å². The third kappa shape index (κ3) is 2.55. The Morgan fingerprint density at radius 3 is 3.21 bits per heavy atom. The van der Waals surface area contributed by atoms with Crippen LogP contribution >= 0.6 is 0 Å². The second kappa shape index (κ2) is 5.55. The molecule has 1 aliphatic heterocycles. The molecule has 2 heterocycles. The molecule has 0 aliphatic carbocycles. The first-order valence-corrected chi connectivity index (χ1v) is 6.63. The van der Waals surface area contributed by atoms with Crippen molar-refractivity contribution in [2.24, 2.45) is 0 Å². The average Bonchev–Trinajstić information content (AvgIpc) is 2.75. The van der Waals surface area contributed by atoms with Gasteiger partial charge in [-0.05, 0) is 30.7 Å². The minimum Gasteiger partial charge on any atom is -0.494 e.